The molecule has 1 aliphatic rings. The van der Waals surface area contributed by atoms with Crippen LogP contribution in [0.5, 0.6) is 0 Å². The third kappa shape index (κ3) is 12.9. The van der Waals surface area contributed by atoms with Crippen molar-refractivity contribution in [2.75, 3.05) is 13.2 Å². The van der Waals surface area contributed by atoms with E-state index in [1.54, 1.807) is 6.08 Å². The van der Waals surface area contributed by atoms with E-state index in [4.69, 9.17) is 9.47 Å². The van der Waals surface area contributed by atoms with E-state index >= 15 is 0 Å². The molecule has 1 amide bonds. The first-order chi connectivity index (χ1) is 17.3. The number of carbonyl (C=O) groups excluding carboxylic acids is 1. The van der Waals surface area contributed by atoms with Crippen LogP contribution in [0.25, 0.3) is 0 Å². The van der Waals surface area contributed by atoms with Crippen LogP contribution < -0.4 is 5.32 Å². The SMILES string of the molecule is CCCCCCCCCC/C=C/C(O)C(COC1OC(CO)C(O)C(O)C1O)NC(=O)CCCCC. The minimum Gasteiger partial charge on any atom is -0.394 e. The number of amides is 1. The van der Waals surface area contributed by atoms with Crippen LogP contribution in [-0.4, -0.2) is 87.5 Å². The van der Waals surface area contributed by atoms with E-state index in [9.17, 15) is 30.3 Å². The van der Waals surface area contributed by atoms with Gasteiger partial charge >= 0.3 is 0 Å². The van der Waals surface area contributed by atoms with Crippen LogP contribution >= 0.6 is 0 Å². The Hall–Kier alpha value is -1.07. The highest BCUT2D eigenvalue weighted by molar-refractivity contribution is 5.76. The van der Waals surface area contributed by atoms with E-state index in [1.165, 1.54) is 38.5 Å². The van der Waals surface area contributed by atoms with E-state index in [-0.39, 0.29) is 12.5 Å². The molecule has 6 N–H and O–H groups in total. The van der Waals surface area contributed by atoms with Crippen molar-refractivity contribution in [3.63, 3.8) is 0 Å². The predicted octanol–water partition coefficient (Wildman–Crippen LogP) is 2.32. The van der Waals surface area contributed by atoms with E-state index in [1.807, 2.05) is 6.08 Å². The largest absolute Gasteiger partial charge is 0.394 e. The molecule has 1 saturated heterocycles. The quantitative estimate of drug-likeness (QED) is 0.106. The van der Waals surface area contributed by atoms with Gasteiger partial charge in [0.1, 0.15) is 24.4 Å². The monoisotopic (exact) mass is 517 g/mol. The number of hydrogen-bond acceptors (Lipinski definition) is 8. The summed E-state index contributed by atoms with van der Waals surface area (Å²) in [6.07, 6.45) is 9.16. The zero-order valence-electron chi connectivity index (χ0n) is 22.3. The average molecular weight is 518 g/mol. The summed E-state index contributed by atoms with van der Waals surface area (Å²) in [5.74, 6) is -0.207. The first-order valence-corrected chi connectivity index (χ1v) is 13.9. The smallest absolute Gasteiger partial charge is 0.220 e. The third-order valence-electron chi connectivity index (χ3n) is 6.61. The molecule has 0 spiro atoms. The Morgan fingerprint density at radius 3 is 2.17 bits per heavy atom. The summed E-state index contributed by atoms with van der Waals surface area (Å²) in [7, 11) is 0. The molecular weight excluding hydrogens is 466 g/mol. The molecule has 0 aromatic carbocycles. The molecule has 1 aliphatic heterocycles. The van der Waals surface area contributed by atoms with E-state index in [0.717, 1.165) is 38.5 Å². The molecule has 0 aromatic rings. The summed E-state index contributed by atoms with van der Waals surface area (Å²) in [6.45, 7) is 3.51. The zero-order chi connectivity index (χ0) is 26.8. The van der Waals surface area contributed by atoms with Crippen LogP contribution in [0.4, 0.5) is 0 Å². The van der Waals surface area contributed by atoms with Crippen LogP contribution in [0.15, 0.2) is 12.2 Å². The Morgan fingerprint density at radius 2 is 1.53 bits per heavy atom. The van der Waals surface area contributed by atoms with Gasteiger partial charge in [-0.15, -0.1) is 0 Å². The zero-order valence-corrected chi connectivity index (χ0v) is 22.3. The molecule has 36 heavy (non-hydrogen) atoms. The number of nitrogens with one attached hydrogen (secondary N) is 1. The van der Waals surface area contributed by atoms with Gasteiger partial charge in [-0.3, -0.25) is 4.79 Å². The van der Waals surface area contributed by atoms with Crippen molar-refractivity contribution >= 4 is 5.91 Å². The predicted molar refractivity (Wildman–Crippen MR) is 138 cm³/mol. The minimum absolute atomic E-state index is 0.189. The number of aliphatic hydroxyl groups is 5. The van der Waals surface area contributed by atoms with Crippen molar-refractivity contribution in [2.24, 2.45) is 0 Å². The summed E-state index contributed by atoms with van der Waals surface area (Å²) in [6, 6.07) is -0.790. The van der Waals surface area contributed by atoms with Gasteiger partial charge in [-0.25, -0.2) is 0 Å². The van der Waals surface area contributed by atoms with Gasteiger partial charge in [0.15, 0.2) is 6.29 Å². The first-order valence-electron chi connectivity index (χ1n) is 13.9. The van der Waals surface area contributed by atoms with Crippen molar-refractivity contribution in [3.05, 3.63) is 12.2 Å². The standard InChI is InChI=1S/C27H51NO8/c1-3-5-7-8-9-10-11-12-13-15-16-21(30)20(28-23(31)17-14-6-4-2)19-35-27-26(34)25(33)24(32)22(18-29)36-27/h15-16,20-22,24-27,29-30,32-34H,3-14,17-19H2,1-2H3,(H,28,31)/b16-15+. The van der Waals surface area contributed by atoms with Gasteiger partial charge < -0.3 is 40.3 Å². The molecule has 1 rings (SSSR count). The van der Waals surface area contributed by atoms with Gasteiger partial charge in [0.25, 0.3) is 0 Å². The van der Waals surface area contributed by atoms with E-state index < -0.39 is 49.5 Å². The van der Waals surface area contributed by atoms with Gasteiger partial charge in [-0.1, -0.05) is 83.8 Å². The molecule has 1 fully saturated rings. The molecule has 0 aliphatic carbocycles. The Balaban J connectivity index is 2.58. The maximum absolute atomic E-state index is 12.4. The minimum atomic E-state index is -1.56. The highest BCUT2D eigenvalue weighted by Crippen LogP contribution is 2.22. The Morgan fingerprint density at radius 1 is 0.917 bits per heavy atom. The van der Waals surface area contributed by atoms with Gasteiger partial charge in [0.2, 0.25) is 5.91 Å². The summed E-state index contributed by atoms with van der Waals surface area (Å²) in [4.78, 5) is 12.4. The third-order valence-corrected chi connectivity index (χ3v) is 6.61. The molecule has 0 bridgehead atoms. The van der Waals surface area contributed by atoms with Gasteiger partial charge in [-0.2, -0.15) is 0 Å². The molecule has 0 aromatic heterocycles. The fraction of sp³-hybridized carbons (Fsp3) is 0.889. The molecule has 0 radical (unpaired) electrons. The number of allylic oxidation sites excluding steroid dienone is 1. The maximum Gasteiger partial charge on any atom is 0.220 e. The number of unbranched alkanes of at least 4 members (excludes halogenated alkanes) is 10. The van der Waals surface area contributed by atoms with Crippen molar-refractivity contribution < 1.29 is 39.8 Å². The van der Waals surface area contributed by atoms with Gasteiger partial charge in [0.05, 0.1) is 25.4 Å². The van der Waals surface area contributed by atoms with Crippen molar-refractivity contribution in [1.82, 2.24) is 5.32 Å². The summed E-state index contributed by atoms with van der Waals surface area (Å²) >= 11 is 0. The van der Waals surface area contributed by atoms with Gasteiger partial charge in [0, 0.05) is 6.42 Å². The molecule has 212 valence electrons. The summed E-state index contributed by atoms with van der Waals surface area (Å²) in [5, 5.41) is 53.0. The molecular formula is C27H51NO8. The van der Waals surface area contributed by atoms with Crippen LogP contribution in [0.2, 0.25) is 0 Å². The van der Waals surface area contributed by atoms with Gasteiger partial charge in [-0.05, 0) is 19.3 Å². The van der Waals surface area contributed by atoms with Crippen molar-refractivity contribution in [3.8, 4) is 0 Å². The van der Waals surface area contributed by atoms with Crippen LogP contribution in [0.1, 0.15) is 97.3 Å². The lowest BCUT2D eigenvalue weighted by molar-refractivity contribution is -0.302. The fourth-order valence-corrected chi connectivity index (χ4v) is 4.21. The Labute approximate surface area is 216 Å². The van der Waals surface area contributed by atoms with Crippen LogP contribution in [0, 0.1) is 0 Å². The lowest BCUT2D eigenvalue weighted by atomic mass is 9.99. The molecule has 0 saturated carbocycles. The molecule has 7 unspecified atom stereocenters. The Kier molecular flexibility index (Phi) is 18.3. The fourth-order valence-electron chi connectivity index (χ4n) is 4.21. The number of carbonyl (C=O) groups is 1. The molecule has 9 heteroatoms. The normalized spacial score (nSPS) is 26.2. The van der Waals surface area contributed by atoms with E-state index in [2.05, 4.69) is 19.2 Å². The number of aliphatic hydroxyl groups excluding tert-OH is 5. The summed E-state index contributed by atoms with van der Waals surface area (Å²) in [5.41, 5.74) is 0. The number of rotatable bonds is 20. The highest BCUT2D eigenvalue weighted by Gasteiger charge is 2.44. The first kappa shape index (κ1) is 33.0. The second-order valence-electron chi connectivity index (χ2n) is 9.84. The molecule has 9 nitrogen and oxygen atoms in total. The van der Waals surface area contributed by atoms with Crippen LogP contribution in [0.3, 0.4) is 0 Å². The second kappa shape index (κ2) is 20.0. The summed E-state index contributed by atoms with van der Waals surface area (Å²) < 4.78 is 11.0. The van der Waals surface area contributed by atoms with Crippen molar-refractivity contribution in [1.29, 1.82) is 0 Å². The number of ether oxygens (including phenoxy) is 2. The maximum atomic E-state index is 12.4. The Bertz CT molecular complexity index is 588. The van der Waals surface area contributed by atoms with Crippen LogP contribution in [-0.2, 0) is 14.3 Å². The lowest BCUT2D eigenvalue weighted by Crippen LogP contribution is -2.60. The van der Waals surface area contributed by atoms with Crippen molar-refractivity contribution in [2.45, 2.75) is 140 Å². The average Bonchev–Trinajstić information content (AvgIpc) is 2.87. The lowest BCUT2D eigenvalue weighted by Gasteiger charge is -2.40. The van der Waals surface area contributed by atoms with E-state index in [0.29, 0.717) is 6.42 Å². The number of hydrogen-bond donors (Lipinski definition) is 6. The topological polar surface area (TPSA) is 149 Å². The second-order valence-corrected chi connectivity index (χ2v) is 9.84. The molecule has 7 atom stereocenters. The molecule has 1 heterocycles. The highest BCUT2D eigenvalue weighted by atomic mass is 16.7.